The summed E-state index contributed by atoms with van der Waals surface area (Å²) in [6.07, 6.45) is 17.0. The topological polar surface area (TPSA) is 51.4 Å². The summed E-state index contributed by atoms with van der Waals surface area (Å²) in [4.78, 5) is 7.35. The molecule has 3 aliphatic rings. The van der Waals surface area contributed by atoms with Crippen LogP contribution in [0.2, 0.25) is 0 Å². The summed E-state index contributed by atoms with van der Waals surface area (Å²) in [6, 6.07) is 2.06. The molecule has 2 heterocycles. The van der Waals surface area contributed by atoms with Crippen molar-refractivity contribution in [3.63, 3.8) is 0 Å². The molecule has 0 aromatic carbocycles. The molecule has 1 aliphatic carbocycles. The molecule has 4 heteroatoms. The zero-order chi connectivity index (χ0) is 15.9. The number of hydrogen-bond donors (Lipinski definition) is 1. The smallest absolute Gasteiger partial charge is 0.144 e. The van der Waals surface area contributed by atoms with Crippen LogP contribution >= 0.6 is 0 Å². The lowest BCUT2D eigenvalue weighted by Crippen LogP contribution is -2.31. The maximum Gasteiger partial charge on any atom is 0.144 e. The third kappa shape index (κ3) is 4.13. The number of rotatable bonds is 3. The highest BCUT2D eigenvalue weighted by Gasteiger charge is 2.18. The number of hydrogen-bond acceptors (Lipinski definition) is 4. The molecule has 0 amide bonds. The summed E-state index contributed by atoms with van der Waals surface area (Å²) >= 11 is 0. The van der Waals surface area contributed by atoms with Crippen LogP contribution in [0.5, 0.6) is 0 Å². The monoisotopic (exact) mass is 308 g/mol. The van der Waals surface area contributed by atoms with E-state index in [1.54, 1.807) is 0 Å². The molecular formula is C19H24N4. The lowest BCUT2D eigenvalue weighted by Gasteiger charge is -2.27. The summed E-state index contributed by atoms with van der Waals surface area (Å²) in [5.74, 6) is 1.08. The lowest BCUT2D eigenvalue weighted by atomic mass is 9.95. The van der Waals surface area contributed by atoms with Crippen molar-refractivity contribution < 1.29 is 0 Å². The van der Waals surface area contributed by atoms with E-state index in [1.165, 1.54) is 37.3 Å². The van der Waals surface area contributed by atoms with Gasteiger partial charge >= 0.3 is 0 Å². The van der Waals surface area contributed by atoms with Gasteiger partial charge in [-0.15, -0.1) is 0 Å². The third-order valence-electron chi connectivity index (χ3n) is 4.54. The van der Waals surface area contributed by atoms with Crippen LogP contribution in [0.4, 0.5) is 0 Å². The van der Waals surface area contributed by atoms with Crippen molar-refractivity contribution in [2.75, 3.05) is 19.6 Å². The maximum absolute atomic E-state index is 8.68. The average Bonchev–Trinajstić information content (AvgIpc) is 2.90. The highest BCUT2D eigenvalue weighted by atomic mass is 15.2. The van der Waals surface area contributed by atoms with Gasteiger partial charge in [0, 0.05) is 25.4 Å². The van der Waals surface area contributed by atoms with Crippen LogP contribution in [0, 0.1) is 11.3 Å². The molecule has 0 aromatic heterocycles. The Bertz CT molecular complexity index is 620. The Morgan fingerprint density at radius 3 is 2.83 bits per heavy atom. The zero-order valence-corrected chi connectivity index (χ0v) is 13.6. The van der Waals surface area contributed by atoms with E-state index in [9.17, 15) is 0 Å². The van der Waals surface area contributed by atoms with Crippen molar-refractivity contribution in [1.82, 2.24) is 10.2 Å². The first-order chi connectivity index (χ1) is 11.4. The summed E-state index contributed by atoms with van der Waals surface area (Å²) in [5, 5.41) is 12.1. The Hall–Kier alpha value is -2.28. The van der Waals surface area contributed by atoms with Gasteiger partial charge in [0.2, 0.25) is 0 Å². The van der Waals surface area contributed by atoms with Gasteiger partial charge in [-0.3, -0.25) is 0 Å². The Morgan fingerprint density at radius 1 is 1.22 bits per heavy atom. The summed E-state index contributed by atoms with van der Waals surface area (Å²) in [6.45, 7) is 3.01. The fourth-order valence-electron chi connectivity index (χ4n) is 3.30. The van der Waals surface area contributed by atoms with Gasteiger partial charge in [-0.05, 0) is 42.9 Å². The minimum atomic E-state index is 0.790. The summed E-state index contributed by atoms with van der Waals surface area (Å²) in [7, 11) is 0. The normalized spacial score (nSPS) is 22.3. The highest BCUT2D eigenvalue weighted by Crippen LogP contribution is 2.23. The van der Waals surface area contributed by atoms with Crippen LogP contribution in [0.25, 0.3) is 0 Å². The second-order valence-electron chi connectivity index (χ2n) is 6.22. The Labute approximate surface area is 138 Å². The molecule has 2 aliphatic heterocycles. The van der Waals surface area contributed by atoms with E-state index in [1.807, 2.05) is 6.08 Å². The molecular weight excluding hydrogens is 284 g/mol. The van der Waals surface area contributed by atoms with Gasteiger partial charge in [-0.2, -0.15) is 5.26 Å². The van der Waals surface area contributed by atoms with Crippen molar-refractivity contribution in [2.45, 2.75) is 38.5 Å². The zero-order valence-electron chi connectivity index (χ0n) is 13.6. The number of nitrogens with zero attached hydrogens (tertiary/aromatic N) is 3. The fraction of sp³-hybridized carbons (Fsp3) is 0.474. The van der Waals surface area contributed by atoms with Gasteiger partial charge in [-0.1, -0.05) is 25.0 Å². The van der Waals surface area contributed by atoms with E-state index in [-0.39, 0.29) is 0 Å². The van der Waals surface area contributed by atoms with Gasteiger partial charge in [0.1, 0.15) is 5.82 Å². The quantitative estimate of drug-likeness (QED) is 0.813. The van der Waals surface area contributed by atoms with E-state index in [0.717, 1.165) is 49.6 Å². The van der Waals surface area contributed by atoms with E-state index < -0.39 is 0 Å². The molecule has 3 rings (SSSR count). The Morgan fingerprint density at radius 2 is 2.04 bits per heavy atom. The highest BCUT2D eigenvalue weighted by molar-refractivity contribution is 6.03. The Kier molecular flexibility index (Phi) is 5.31. The molecule has 1 fully saturated rings. The van der Waals surface area contributed by atoms with Crippen LogP contribution in [0.3, 0.4) is 0 Å². The molecule has 120 valence electrons. The molecule has 4 nitrogen and oxygen atoms in total. The van der Waals surface area contributed by atoms with Gasteiger partial charge in [0.25, 0.3) is 0 Å². The second kappa shape index (κ2) is 7.82. The molecule has 0 aromatic rings. The molecule has 1 saturated heterocycles. The van der Waals surface area contributed by atoms with Crippen LogP contribution in [0.1, 0.15) is 38.5 Å². The van der Waals surface area contributed by atoms with E-state index >= 15 is 0 Å². The maximum atomic E-state index is 8.68. The van der Waals surface area contributed by atoms with Gasteiger partial charge < -0.3 is 10.2 Å². The molecule has 0 radical (unpaired) electrons. The molecule has 0 spiro atoms. The van der Waals surface area contributed by atoms with Crippen molar-refractivity contribution in [1.29, 1.82) is 5.26 Å². The van der Waals surface area contributed by atoms with Gasteiger partial charge in [-0.25, -0.2) is 4.99 Å². The lowest BCUT2D eigenvalue weighted by molar-refractivity contribution is 0.351. The Balaban J connectivity index is 1.76. The van der Waals surface area contributed by atoms with Gasteiger partial charge in [0.15, 0.2) is 0 Å². The first-order valence-electron chi connectivity index (χ1n) is 8.60. The van der Waals surface area contributed by atoms with Gasteiger partial charge in [0.05, 0.1) is 18.3 Å². The molecule has 0 bridgehead atoms. The fourth-order valence-corrected chi connectivity index (χ4v) is 3.30. The standard InChI is InChI=1S/C19H24N4/c20-10-6-8-16-7-5-9-17(13-16)18-14-21-15-19(22-18)23-11-3-1-2-4-12-23/h6-8,13,15,21H,1-5,9,11-12,14H2/b8-6+. The minimum absolute atomic E-state index is 0.790. The first kappa shape index (κ1) is 15.6. The number of aliphatic imine (C=N–C) groups is 1. The predicted octanol–water partition coefficient (Wildman–Crippen LogP) is 3.43. The summed E-state index contributed by atoms with van der Waals surface area (Å²) in [5.41, 5.74) is 3.54. The summed E-state index contributed by atoms with van der Waals surface area (Å²) < 4.78 is 0. The molecule has 0 saturated carbocycles. The van der Waals surface area contributed by atoms with E-state index in [4.69, 9.17) is 10.3 Å². The third-order valence-corrected chi connectivity index (χ3v) is 4.54. The number of allylic oxidation sites excluding steroid dienone is 5. The minimum Gasteiger partial charge on any atom is -0.382 e. The largest absolute Gasteiger partial charge is 0.382 e. The van der Waals surface area contributed by atoms with Crippen molar-refractivity contribution in [3.05, 3.63) is 47.5 Å². The molecule has 1 N–H and O–H groups in total. The van der Waals surface area contributed by atoms with Crippen molar-refractivity contribution >= 4 is 5.71 Å². The molecule has 0 atom stereocenters. The van der Waals surface area contributed by atoms with E-state index in [2.05, 4.69) is 34.6 Å². The first-order valence-corrected chi connectivity index (χ1v) is 8.60. The van der Waals surface area contributed by atoms with Crippen molar-refractivity contribution in [2.24, 2.45) is 4.99 Å². The number of nitriles is 1. The molecule has 0 unspecified atom stereocenters. The SMILES string of the molecule is N#C/C=C/C1=CCCC(C2=NC(N3CCCCCC3)=CNC2)=C1. The number of nitrogens with one attached hydrogen (secondary N) is 1. The average molecular weight is 308 g/mol. The van der Waals surface area contributed by atoms with Crippen molar-refractivity contribution in [3.8, 4) is 6.07 Å². The van der Waals surface area contributed by atoms with Crippen LogP contribution in [0.15, 0.2) is 52.5 Å². The van der Waals surface area contributed by atoms with Crippen LogP contribution in [-0.2, 0) is 0 Å². The van der Waals surface area contributed by atoms with Crippen LogP contribution in [-0.4, -0.2) is 30.2 Å². The second-order valence-corrected chi connectivity index (χ2v) is 6.22. The molecule has 23 heavy (non-hydrogen) atoms. The number of likely N-dealkylation sites (tertiary alicyclic amines) is 1. The predicted molar refractivity (Wildman–Crippen MR) is 93.7 cm³/mol. The van der Waals surface area contributed by atoms with Crippen LogP contribution < -0.4 is 5.32 Å². The van der Waals surface area contributed by atoms with E-state index in [0.29, 0.717) is 0 Å².